The molecule has 1 rings (SSSR count). The molecule has 0 aromatic rings. The predicted octanol–water partition coefficient (Wildman–Crippen LogP) is -0.544. The van der Waals surface area contributed by atoms with Gasteiger partial charge in [-0.05, 0) is 33.6 Å². The van der Waals surface area contributed by atoms with Crippen LogP contribution in [0.5, 0.6) is 0 Å². The van der Waals surface area contributed by atoms with E-state index in [9.17, 15) is 19.8 Å². The lowest BCUT2D eigenvalue weighted by atomic mass is 9.96. The number of nitrogens with zero attached hydrogens (tertiary/aromatic N) is 1. The van der Waals surface area contributed by atoms with Gasteiger partial charge in [0.05, 0.1) is 0 Å². The Balaban J connectivity index is 2.66. The summed E-state index contributed by atoms with van der Waals surface area (Å²) >= 11 is 0. The first-order chi connectivity index (χ1) is 7.18. The van der Waals surface area contributed by atoms with E-state index in [1.807, 2.05) is 0 Å². The predicted molar refractivity (Wildman–Crippen MR) is 52.1 cm³/mol. The number of cyclic esters (lactones) is 1. The van der Waals surface area contributed by atoms with E-state index in [-0.39, 0.29) is 19.4 Å². The molecule has 1 atom stereocenters. The molecule has 0 spiro atoms. The quantitative estimate of drug-likeness (QED) is 0.700. The van der Waals surface area contributed by atoms with Gasteiger partial charge >= 0.3 is 6.09 Å². The van der Waals surface area contributed by atoms with Crippen LogP contribution in [0.4, 0.5) is 4.79 Å². The van der Waals surface area contributed by atoms with E-state index in [1.165, 1.54) is 6.92 Å². The second kappa shape index (κ2) is 3.93. The fourth-order valence-corrected chi connectivity index (χ4v) is 1.56. The van der Waals surface area contributed by atoms with Crippen LogP contribution in [0, 0.1) is 0 Å². The van der Waals surface area contributed by atoms with Gasteiger partial charge in [-0.25, -0.2) is 4.79 Å². The third-order valence-corrected chi connectivity index (χ3v) is 2.99. The van der Waals surface area contributed by atoms with Crippen molar-refractivity contribution in [3.8, 4) is 0 Å². The Morgan fingerprint density at radius 2 is 2.06 bits per heavy atom. The van der Waals surface area contributed by atoms with Crippen LogP contribution in [-0.2, 0) is 9.53 Å². The van der Waals surface area contributed by atoms with Gasteiger partial charge in [-0.2, -0.15) is 0 Å². The van der Waals surface area contributed by atoms with Crippen molar-refractivity contribution < 1.29 is 24.5 Å². The van der Waals surface area contributed by atoms with Gasteiger partial charge in [-0.15, -0.1) is 0 Å². The monoisotopic (exact) mass is 230 g/mol. The largest absolute Gasteiger partial charge is 0.550 e. The maximum absolute atomic E-state index is 11.5. The van der Waals surface area contributed by atoms with E-state index < -0.39 is 23.4 Å². The third-order valence-electron chi connectivity index (χ3n) is 2.99. The SMILES string of the molecule is CC1(C)OC(=O)N(CCCC(=O)[O-])[C@@]1(C)O. The summed E-state index contributed by atoms with van der Waals surface area (Å²) in [5, 5.41) is 20.4. The molecule has 6 heteroatoms. The molecule has 0 unspecified atom stereocenters. The number of aliphatic carboxylic acids is 1. The number of hydrogen-bond donors (Lipinski definition) is 1. The van der Waals surface area contributed by atoms with E-state index in [0.29, 0.717) is 0 Å². The van der Waals surface area contributed by atoms with Crippen molar-refractivity contribution >= 4 is 12.1 Å². The normalized spacial score (nSPS) is 28.0. The molecule has 1 saturated heterocycles. The summed E-state index contributed by atoms with van der Waals surface area (Å²) in [6.45, 7) is 4.80. The number of amides is 1. The van der Waals surface area contributed by atoms with Crippen molar-refractivity contribution in [2.45, 2.75) is 44.9 Å². The number of carboxylic acid groups (broad SMARTS) is 1. The average molecular weight is 230 g/mol. The summed E-state index contributed by atoms with van der Waals surface area (Å²) in [4.78, 5) is 22.8. The smallest absolute Gasteiger partial charge is 0.412 e. The Hall–Kier alpha value is -1.30. The Morgan fingerprint density at radius 1 is 1.50 bits per heavy atom. The Bertz CT molecular complexity index is 310. The van der Waals surface area contributed by atoms with E-state index in [2.05, 4.69) is 0 Å². The molecule has 1 N–H and O–H groups in total. The van der Waals surface area contributed by atoms with Gasteiger partial charge in [0.2, 0.25) is 0 Å². The minimum Gasteiger partial charge on any atom is -0.550 e. The Morgan fingerprint density at radius 3 is 2.44 bits per heavy atom. The highest BCUT2D eigenvalue weighted by Crippen LogP contribution is 2.36. The van der Waals surface area contributed by atoms with Crippen LogP contribution >= 0.6 is 0 Å². The number of carbonyl (C=O) groups excluding carboxylic acids is 2. The molecule has 6 nitrogen and oxygen atoms in total. The van der Waals surface area contributed by atoms with Crippen molar-refractivity contribution in [1.82, 2.24) is 4.90 Å². The van der Waals surface area contributed by atoms with Crippen LogP contribution in [0.25, 0.3) is 0 Å². The molecular formula is C10H16NO5-. The number of hydrogen-bond acceptors (Lipinski definition) is 5. The minimum atomic E-state index is -1.43. The molecule has 0 aromatic heterocycles. The lowest BCUT2D eigenvalue weighted by Crippen LogP contribution is -2.53. The number of rotatable bonds is 4. The Labute approximate surface area is 93.8 Å². The van der Waals surface area contributed by atoms with E-state index in [0.717, 1.165) is 4.90 Å². The van der Waals surface area contributed by atoms with Gasteiger partial charge in [0.25, 0.3) is 0 Å². The van der Waals surface area contributed by atoms with Gasteiger partial charge < -0.3 is 19.7 Å². The first-order valence-corrected chi connectivity index (χ1v) is 5.11. The van der Waals surface area contributed by atoms with E-state index in [1.54, 1.807) is 13.8 Å². The van der Waals surface area contributed by atoms with Crippen molar-refractivity contribution in [2.24, 2.45) is 0 Å². The first kappa shape index (κ1) is 12.8. The van der Waals surface area contributed by atoms with Gasteiger partial charge in [0.1, 0.15) is 0 Å². The third kappa shape index (κ3) is 2.11. The molecule has 1 aliphatic rings. The fraction of sp³-hybridized carbons (Fsp3) is 0.800. The molecule has 0 aliphatic carbocycles. The molecule has 1 amide bonds. The molecule has 1 aliphatic heterocycles. The lowest BCUT2D eigenvalue weighted by Gasteiger charge is -2.34. The van der Waals surface area contributed by atoms with Gasteiger partial charge in [-0.1, -0.05) is 0 Å². The maximum Gasteiger partial charge on any atom is 0.412 e. The lowest BCUT2D eigenvalue weighted by molar-refractivity contribution is -0.305. The summed E-state index contributed by atoms with van der Waals surface area (Å²) in [6.07, 6.45) is -0.558. The molecular weight excluding hydrogens is 214 g/mol. The highest BCUT2D eigenvalue weighted by atomic mass is 16.6. The molecule has 16 heavy (non-hydrogen) atoms. The zero-order valence-corrected chi connectivity index (χ0v) is 9.65. The summed E-state index contributed by atoms with van der Waals surface area (Å²) in [5.41, 5.74) is -2.44. The van der Waals surface area contributed by atoms with Crippen LogP contribution in [0.15, 0.2) is 0 Å². The van der Waals surface area contributed by atoms with E-state index >= 15 is 0 Å². The Kier molecular flexibility index (Phi) is 3.14. The molecule has 0 radical (unpaired) electrons. The van der Waals surface area contributed by atoms with E-state index in [4.69, 9.17) is 4.74 Å². The molecule has 0 bridgehead atoms. The zero-order chi connectivity index (χ0) is 12.6. The second-order valence-corrected chi connectivity index (χ2v) is 4.53. The molecule has 1 fully saturated rings. The van der Waals surface area contributed by atoms with Crippen LogP contribution < -0.4 is 5.11 Å². The van der Waals surface area contributed by atoms with Crippen LogP contribution in [-0.4, -0.2) is 39.9 Å². The summed E-state index contributed by atoms with van der Waals surface area (Å²) in [7, 11) is 0. The standard InChI is InChI=1S/C10H17NO5/c1-9(2)10(3,15)11(8(14)16-9)6-4-5-7(12)13/h15H,4-6H2,1-3H3,(H,12,13)/p-1/t10-/m0/s1. The number of carbonyl (C=O) groups is 2. The summed E-state index contributed by atoms with van der Waals surface area (Å²) in [6, 6.07) is 0. The van der Waals surface area contributed by atoms with Crippen LogP contribution in [0.1, 0.15) is 33.6 Å². The van der Waals surface area contributed by atoms with Crippen LogP contribution in [0.3, 0.4) is 0 Å². The van der Waals surface area contributed by atoms with Gasteiger partial charge in [0, 0.05) is 12.5 Å². The molecule has 0 saturated carbocycles. The number of ether oxygens (including phenoxy) is 1. The average Bonchev–Trinajstić information content (AvgIpc) is 2.23. The maximum atomic E-state index is 11.5. The van der Waals surface area contributed by atoms with Crippen LogP contribution in [0.2, 0.25) is 0 Å². The summed E-state index contributed by atoms with van der Waals surface area (Å²) < 4.78 is 5.01. The fourth-order valence-electron chi connectivity index (χ4n) is 1.56. The molecule has 0 aromatic carbocycles. The highest BCUT2D eigenvalue weighted by Gasteiger charge is 2.56. The van der Waals surface area contributed by atoms with Crippen molar-refractivity contribution in [2.75, 3.05) is 6.54 Å². The zero-order valence-electron chi connectivity index (χ0n) is 9.65. The minimum absolute atomic E-state index is 0.128. The van der Waals surface area contributed by atoms with Crippen molar-refractivity contribution in [1.29, 1.82) is 0 Å². The van der Waals surface area contributed by atoms with Crippen molar-refractivity contribution in [3.63, 3.8) is 0 Å². The number of aliphatic hydroxyl groups is 1. The molecule has 1 heterocycles. The topological polar surface area (TPSA) is 89.9 Å². The first-order valence-electron chi connectivity index (χ1n) is 5.11. The van der Waals surface area contributed by atoms with Gasteiger partial charge in [-0.3, -0.25) is 4.90 Å². The highest BCUT2D eigenvalue weighted by molar-refractivity contribution is 5.72. The summed E-state index contributed by atoms with van der Waals surface area (Å²) in [5.74, 6) is -1.17. The second-order valence-electron chi connectivity index (χ2n) is 4.53. The molecule has 92 valence electrons. The number of carboxylic acids is 1. The van der Waals surface area contributed by atoms with Crippen molar-refractivity contribution in [3.05, 3.63) is 0 Å². The van der Waals surface area contributed by atoms with Gasteiger partial charge in [0.15, 0.2) is 11.3 Å².